The molecule has 0 unspecified atom stereocenters. The maximum atomic E-state index is 11.3. The lowest BCUT2D eigenvalue weighted by Gasteiger charge is -2.04. The highest BCUT2D eigenvalue weighted by molar-refractivity contribution is 5.97. The number of fused-ring (bicyclic) bond motifs is 1. The van der Waals surface area contributed by atoms with Crippen molar-refractivity contribution in [2.45, 2.75) is 6.54 Å². The summed E-state index contributed by atoms with van der Waals surface area (Å²) in [5.41, 5.74) is 1.81. The number of rotatable bonds is 0. The fraction of sp³-hybridized carbons (Fsp3) is 0.222. The summed E-state index contributed by atoms with van der Waals surface area (Å²) >= 11 is 0. The highest BCUT2D eigenvalue weighted by atomic mass is 16.2. The third-order valence-electron chi connectivity index (χ3n) is 1.91. The molecule has 1 radical (unpaired) electrons. The third-order valence-corrected chi connectivity index (χ3v) is 1.91. The van der Waals surface area contributed by atoms with Crippen LogP contribution in [0.3, 0.4) is 0 Å². The minimum Gasteiger partial charge on any atom is -0.337 e. The molecule has 2 nitrogen and oxygen atoms in total. The molecule has 0 atom stereocenters. The summed E-state index contributed by atoms with van der Waals surface area (Å²) in [7, 11) is 1.80. The van der Waals surface area contributed by atoms with Crippen molar-refractivity contribution in [2.75, 3.05) is 7.05 Å². The second-order valence-electron chi connectivity index (χ2n) is 2.72. The molecule has 2 rings (SSSR count). The van der Waals surface area contributed by atoms with Gasteiger partial charge in [0.25, 0.3) is 5.91 Å². The van der Waals surface area contributed by atoms with Gasteiger partial charge in [0, 0.05) is 19.2 Å². The zero-order valence-corrected chi connectivity index (χ0v) is 6.29. The average molecular weight is 146 g/mol. The molecule has 55 valence electrons. The molecule has 1 aliphatic rings. The fourth-order valence-electron chi connectivity index (χ4n) is 1.32. The second-order valence-corrected chi connectivity index (χ2v) is 2.72. The largest absolute Gasteiger partial charge is 0.337 e. The lowest BCUT2D eigenvalue weighted by Crippen LogP contribution is -2.17. The molecule has 0 aromatic heterocycles. The molecule has 2 heteroatoms. The summed E-state index contributed by atoms with van der Waals surface area (Å²) in [6.07, 6.45) is 0. The van der Waals surface area contributed by atoms with E-state index in [1.165, 1.54) is 0 Å². The number of nitrogens with zero attached hydrogens (tertiary/aromatic N) is 1. The van der Waals surface area contributed by atoms with Crippen molar-refractivity contribution in [3.8, 4) is 0 Å². The highest BCUT2D eigenvalue weighted by Gasteiger charge is 2.22. The summed E-state index contributed by atoms with van der Waals surface area (Å²) in [5.74, 6) is 0.108. The van der Waals surface area contributed by atoms with E-state index in [2.05, 4.69) is 6.07 Å². The van der Waals surface area contributed by atoms with Crippen LogP contribution in [0.15, 0.2) is 18.2 Å². The molecule has 1 aromatic carbocycles. The second kappa shape index (κ2) is 2.09. The quantitative estimate of drug-likeness (QED) is 0.536. The first-order valence-corrected chi connectivity index (χ1v) is 3.54. The van der Waals surface area contributed by atoms with E-state index in [0.29, 0.717) is 6.54 Å². The van der Waals surface area contributed by atoms with Crippen LogP contribution in [0.2, 0.25) is 0 Å². The fourth-order valence-corrected chi connectivity index (χ4v) is 1.32. The molecule has 0 saturated carbocycles. The summed E-state index contributed by atoms with van der Waals surface area (Å²) in [6.45, 7) is 0.703. The van der Waals surface area contributed by atoms with E-state index in [1.807, 2.05) is 18.2 Å². The minimum atomic E-state index is 0.108. The number of carbonyl (C=O) groups is 1. The Kier molecular flexibility index (Phi) is 1.22. The van der Waals surface area contributed by atoms with Gasteiger partial charge in [-0.3, -0.25) is 4.79 Å². The van der Waals surface area contributed by atoms with E-state index < -0.39 is 0 Å². The van der Waals surface area contributed by atoms with Gasteiger partial charge in [-0.1, -0.05) is 12.1 Å². The van der Waals surface area contributed by atoms with Crippen molar-refractivity contribution in [1.82, 2.24) is 4.90 Å². The lowest BCUT2D eigenvalue weighted by molar-refractivity contribution is 0.0816. The molecule has 0 bridgehead atoms. The average Bonchev–Trinajstić information content (AvgIpc) is 2.30. The van der Waals surface area contributed by atoms with Gasteiger partial charge in [-0.15, -0.1) is 0 Å². The van der Waals surface area contributed by atoms with Crippen molar-refractivity contribution in [3.63, 3.8) is 0 Å². The van der Waals surface area contributed by atoms with E-state index in [4.69, 9.17) is 0 Å². The summed E-state index contributed by atoms with van der Waals surface area (Å²) in [6, 6.07) is 8.57. The molecule has 1 aromatic rings. The van der Waals surface area contributed by atoms with Gasteiger partial charge in [-0.2, -0.15) is 0 Å². The molecular weight excluding hydrogens is 138 g/mol. The Hall–Kier alpha value is -1.31. The van der Waals surface area contributed by atoms with Gasteiger partial charge in [0.2, 0.25) is 0 Å². The van der Waals surface area contributed by atoms with Crippen LogP contribution >= 0.6 is 0 Å². The monoisotopic (exact) mass is 146 g/mol. The van der Waals surface area contributed by atoms with Gasteiger partial charge in [0.1, 0.15) is 0 Å². The first kappa shape index (κ1) is 6.40. The molecule has 0 saturated heterocycles. The molecular formula is C9H8NO. The minimum absolute atomic E-state index is 0.108. The van der Waals surface area contributed by atoms with Crippen molar-refractivity contribution < 1.29 is 4.79 Å². The van der Waals surface area contributed by atoms with E-state index in [9.17, 15) is 4.79 Å². The number of amides is 1. The van der Waals surface area contributed by atoms with Crippen molar-refractivity contribution in [2.24, 2.45) is 0 Å². The van der Waals surface area contributed by atoms with E-state index in [0.717, 1.165) is 11.1 Å². The van der Waals surface area contributed by atoms with E-state index in [-0.39, 0.29) is 5.91 Å². The zero-order valence-electron chi connectivity index (χ0n) is 6.29. The SMILES string of the molecule is CN1Cc2[c]cccc2C1=O. The molecule has 1 amide bonds. The molecule has 0 aliphatic carbocycles. The number of hydrogen-bond donors (Lipinski definition) is 0. The Morgan fingerprint density at radius 3 is 3.18 bits per heavy atom. The first-order chi connectivity index (χ1) is 5.29. The molecule has 11 heavy (non-hydrogen) atoms. The van der Waals surface area contributed by atoms with Crippen LogP contribution in [0, 0.1) is 6.07 Å². The van der Waals surface area contributed by atoms with E-state index in [1.54, 1.807) is 11.9 Å². The Morgan fingerprint density at radius 1 is 1.64 bits per heavy atom. The maximum absolute atomic E-state index is 11.3. The van der Waals surface area contributed by atoms with Crippen molar-refractivity contribution >= 4 is 5.91 Å². The van der Waals surface area contributed by atoms with Crippen LogP contribution in [-0.2, 0) is 6.54 Å². The van der Waals surface area contributed by atoms with Gasteiger partial charge >= 0.3 is 0 Å². The van der Waals surface area contributed by atoms with Crippen LogP contribution in [0.4, 0.5) is 0 Å². The van der Waals surface area contributed by atoms with Gasteiger partial charge in [-0.25, -0.2) is 0 Å². The Balaban J connectivity index is 2.55. The number of hydrogen-bond acceptors (Lipinski definition) is 1. The smallest absolute Gasteiger partial charge is 0.254 e. The van der Waals surface area contributed by atoms with Crippen molar-refractivity contribution in [1.29, 1.82) is 0 Å². The van der Waals surface area contributed by atoms with Crippen LogP contribution in [-0.4, -0.2) is 17.9 Å². The van der Waals surface area contributed by atoms with Gasteiger partial charge < -0.3 is 4.90 Å². The van der Waals surface area contributed by atoms with Crippen LogP contribution < -0.4 is 0 Å². The zero-order chi connectivity index (χ0) is 7.84. The Bertz CT molecular complexity index is 306. The van der Waals surface area contributed by atoms with Crippen LogP contribution in [0.1, 0.15) is 15.9 Å². The summed E-state index contributed by atoms with van der Waals surface area (Å²) in [5, 5.41) is 0. The highest BCUT2D eigenvalue weighted by Crippen LogP contribution is 2.19. The standard InChI is InChI=1S/C9H8NO/c1-10-6-7-4-2-3-5-8(7)9(10)11/h2-3,5H,6H2,1H3. The van der Waals surface area contributed by atoms with Crippen molar-refractivity contribution in [3.05, 3.63) is 35.4 Å². The van der Waals surface area contributed by atoms with E-state index >= 15 is 0 Å². The molecule has 0 N–H and O–H groups in total. The molecule has 1 heterocycles. The van der Waals surface area contributed by atoms with Crippen LogP contribution in [0.25, 0.3) is 0 Å². The molecule has 1 aliphatic heterocycles. The predicted octanol–water partition coefficient (Wildman–Crippen LogP) is 1.07. The maximum Gasteiger partial charge on any atom is 0.254 e. The van der Waals surface area contributed by atoms with Gasteiger partial charge in [-0.05, 0) is 17.7 Å². The predicted molar refractivity (Wildman–Crippen MR) is 41.1 cm³/mol. The molecule has 0 fully saturated rings. The Labute approximate surface area is 65.4 Å². The van der Waals surface area contributed by atoms with Gasteiger partial charge in [0.05, 0.1) is 0 Å². The first-order valence-electron chi connectivity index (χ1n) is 3.54. The lowest BCUT2D eigenvalue weighted by atomic mass is 10.1. The van der Waals surface area contributed by atoms with Gasteiger partial charge in [0.15, 0.2) is 0 Å². The Morgan fingerprint density at radius 2 is 2.45 bits per heavy atom. The summed E-state index contributed by atoms with van der Waals surface area (Å²) < 4.78 is 0. The third kappa shape index (κ3) is 0.827. The number of benzene rings is 1. The van der Waals surface area contributed by atoms with Crippen LogP contribution in [0.5, 0.6) is 0 Å². The normalized spacial score (nSPS) is 15.4. The number of carbonyl (C=O) groups excluding carboxylic acids is 1. The molecule has 0 spiro atoms. The topological polar surface area (TPSA) is 20.3 Å². The summed E-state index contributed by atoms with van der Waals surface area (Å²) in [4.78, 5) is 13.0.